The van der Waals surface area contributed by atoms with Crippen molar-refractivity contribution in [3.8, 4) is 0 Å². The number of ketones is 1. The van der Waals surface area contributed by atoms with Crippen LogP contribution in [0.3, 0.4) is 0 Å². The molecule has 1 unspecified atom stereocenters. The van der Waals surface area contributed by atoms with E-state index >= 15 is 0 Å². The van der Waals surface area contributed by atoms with Crippen molar-refractivity contribution in [3.05, 3.63) is 11.6 Å². The van der Waals surface area contributed by atoms with Crippen LogP contribution in [-0.2, 0) is 4.79 Å². The molecule has 10 atom stereocenters. The van der Waals surface area contributed by atoms with Gasteiger partial charge in [-0.3, -0.25) is 4.79 Å². The van der Waals surface area contributed by atoms with Crippen LogP contribution < -0.4 is 0 Å². The van der Waals surface area contributed by atoms with E-state index in [0.29, 0.717) is 32.1 Å². The molecule has 0 heterocycles. The molecular weight excluding hydrogens is 436 g/mol. The Kier molecular flexibility index (Phi) is 6.24. The van der Waals surface area contributed by atoms with Crippen LogP contribution in [0.4, 0.5) is 0 Å². The molecule has 4 aliphatic rings. The van der Waals surface area contributed by atoms with E-state index in [1.807, 2.05) is 13.8 Å². The van der Waals surface area contributed by atoms with Gasteiger partial charge >= 0.3 is 0 Å². The van der Waals surface area contributed by atoms with Gasteiger partial charge in [-0.1, -0.05) is 13.8 Å². The van der Waals surface area contributed by atoms with Gasteiger partial charge in [0.25, 0.3) is 0 Å². The summed E-state index contributed by atoms with van der Waals surface area (Å²) >= 11 is 0. The minimum Gasteiger partial charge on any atom is -0.390 e. The number of fused-ring (bicyclic) bond motifs is 5. The van der Waals surface area contributed by atoms with Gasteiger partial charge in [-0.25, -0.2) is 0 Å². The number of aliphatic hydroxyl groups excluding tert-OH is 3. The average Bonchev–Trinajstić information content (AvgIpc) is 3.00. The van der Waals surface area contributed by atoms with E-state index in [9.17, 15) is 35.4 Å². The highest BCUT2D eigenvalue weighted by Crippen LogP contribution is 2.68. The van der Waals surface area contributed by atoms with Gasteiger partial charge in [0.2, 0.25) is 0 Å². The monoisotopic (exact) mass is 480 g/mol. The van der Waals surface area contributed by atoms with Crippen molar-refractivity contribution in [2.45, 2.75) is 121 Å². The van der Waals surface area contributed by atoms with Crippen LogP contribution in [0.1, 0.15) is 86.0 Å². The third kappa shape index (κ3) is 3.73. The maximum atomic E-state index is 13.2. The summed E-state index contributed by atoms with van der Waals surface area (Å²) in [6.07, 6.45) is 2.43. The summed E-state index contributed by atoms with van der Waals surface area (Å²) < 4.78 is 0. The third-order valence-electron chi connectivity index (χ3n) is 10.6. The topological polar surface area (TPSA) is 138 Å². The Hall–Kier alpha value is -0.830. The van der Waals surface area contributed by atoms with E-state index in [1.54, 1.807) is 26.8 Å². The molecule has 0 aliphatic heterocycles. The first kappa shape index (κ1) is 26.2. The molecule has 0 aromatic rings. The minimum absolute atomic E-state index is 0.0591. The van der Waals surface area contributed by atoms with Gasteiger partial charge in [0, 0.05) is 11.3 Å². The zero-order chi connectivity index (χ0) is 25.5. The second-order valence-electron chi connectivity index (χ2n) is 13.2. The van der Waals surface area contributed by atoms with Crippen LogP contribution >= 0.6 is 0 Å². The average molecular weight is 481 g/mol. The Bertz CT molecular complexity index is 860. The lowest BCUT2D eigenvalue weighted by molar-refractivity contribution is -0.161. The molecule has 6 N–H and O–H groups in total. The predicted octanol–water partition coefficient (Wildman–Crippen LogP) is 1.85. The standard InChI is InChI=1S/C27H44O7/c1-23(2,32)22(31)8-10-26(5,33)21-7-11-27(34)16-12-18(28)17-13-19(29)20(30)14-24(17,3)15(16)6-9-25(21,27)4/h12,15,17,19-22,29-34H,6-11,13-14H2,1-5H3/t15-,17-,19+,20-,21-,22?,24+,25+,26-,27+/m0/s1. The van der Waals surface area contributed by atoms with Crippen LogP contribution in [0.5, 0.6) is 0 Å². The molecule has 194 valence electrons. The molecule has 4 aliphatic carbocycles. The van der Waals surface area contributed by atoms with Crippen molar-refractivity contribution in [3.63, 3.8) is 0 Å². The first-order valence-corrected chi connectivity index (χ1v) is 12.9. The Balaban J connectivity index is 1.64. The molecule has 3 fully saturated rings. The number of hydrogen-bond donors (Lipinski definition) is 6. The molecule has 0 saturated heterocycles. The van der Waals surface area contributed by atoms with Crippen LogP contribution in [0.2, 0.25) is 0 Å². The molecule has 34 heavy (non-hydrogen) atoms. The highest BCUT2D eigenvalue weighted by molar-refractivity contribution is 5.95. The van der Waals surface area contributed by atoms with E-state index in [4.69, 9.17) is 0 Å². The number of carbonyl (C=O) groups excluding carboxylic acids is 1. The highest BCUT2D eigenvalue weighted by Gasteiger charge is 2.68. The molecule has 0 amide bonds. The first-order valence-electron chi connectivity index (χ1n) is 12.9. The van der Waals surface area contributed by atoms with E-state index in [0.717, 1.165) is 12.0 Å². The van der Waals surface area contributed by atoms with Crippen molar-refractivity contribution in [1.29, 1.82) is 0 Å². The second kappa shape index (κ2) is 8.09. The van der Waals surface area contributed by atoms with E-state index < -0.39 is 45.9 Å². The maximum Gasteiger partial charge on any atom is 0.159 e. The van der Waals surface area contributed by atoms with E-state index in [1.165, 1.54) is 0 Å². The predicted molar refractivity (Wildman–Crippen MR) is 127 cm³/mol. The third-order valence-corrected chi connectivity index (χ3v) is 10.6. The largest absolute Gasteiger partial charge is 0.390 e. The lowest BCUT2D eigenvalue weighted by Gasteiger charge is -2.60. The Morgan fingerprint density at radius 1 is 1.06 bits per heavy atom. The molecule has 7 nitrogen and oxygen atoms in total. The maximum absolute atomic E-state index is 13.2. The van der Waals surface area contributed by atoms with Crippen LogP contribution in [0.15, 0.2) is 11.6 Å². The van der Waals surface area contributed by atoms with Gasteiger partial charge in [-0.05, 0) is 101 Å². The molecule has 0 radical (unpaired) electrons. The zero-order valence-corrected chi connectivity index (χ0v) is 21.3. The molecular formula is C27H44O7. The summed E-state index contributed by atoms with van der Waals surface area (Å²) in [5.41, 5.74) is -4.07. The number of rotatable bonds is 5. The summed E-state index contributed by atoms with van der Waals surface area (Å²) in [6, 6.07) is 0. The summed E-state index contributed by atoms with van der Waals surface area (Å²) in [5.74, 6) is -0.742. The van der Waals surface area contributed by atoms with Gasteiger partial charge < -0.3 is 30.6 Å². The van der Waals surface area contributed by atoms with Gasteiger partial charge in [0.1, 0.15) is 0 Å². The molecule has 0 bridgehead atoms. The lowest BCUT2D eigenvalue weighted by atomic mass is 9.45. The fourth-order valence-corrected chi connectivity index (χ4v) is 8.32. The molecule has 0 spiro atoms. The first-order chi connectivity index (χ1) is 15.5. The van der Waals surface area contributed by atoms with Crippen LogP contribution in [0, 0.1) is 28.6 Å². The summed E-state index contributed by atoms with van der Waals surface area (Å²) in [4.78, 5) is 13.2. The van der Waals surface area contributed by atoms with E-state index in [-0.39, 0.29) is 36.4 Å². The normalized spacial score (nSPS) is 47.2. The number of hydrogen-bond acceptors (Lipinski definition) is 7. The molecule has 7 heteroatoms. The van der Waals surface area contributed by atoms with Crippen LogP contribution in [0.25, 0.3) is 0 Å². The molecule has 0 aromatic heterocycles. The second-order valence-corrected chi connectivity index (χ2v) is 13.2. The summed E-state index contributed by atoms with van der Waals surface area (Å²) in [6.45, 7) is 8.89. The van der Waals surface area contributed by atoms with Crippen molar-refractivity contribution in [1.82, 2.24) is 0 Å². The van der Waals surface area contributed by atoms with Crippen LogP contribution in [-0.4, -0.2) is 71.5 Å². The number of aliphatic hydroxyl groups is 6. The quantitative estimate of drug-likeness (QED) is 0.353. The number of allylic oxidation sites excluding steroid dienone is 1. The Labute approximate surface area is 202 Å². The molecule has 3 saturated carbocycles. The summed E-state index contributed by atoms with van der Waals surface area (Å²) in [5, 5.41) is 64.8. The minimum atomic E-state index is -1.26. The molecule has 0 aromatic carbocycles. The SMILES string of the molecule is CC(C)(O)C(O)CC[C@](C)(O)[C@H]1CC[C@@]2(O)C3=CC(=O)[C@@H]4C[C@@H](O)[C@@H](O)C[C@]4(C)[C@H]3CC[C@]12C. The lowest BCUT2D eigenvalue weighted by Crippen LogP contribution is -2.61. The van der Waals surface area contributed by atoms with Crippen molar-refractivity contribution >= 4 is 5.78 Å². The highest BCUT2D eigenvalue weighted by atomic mass is 16.3. The van der Waals surface area contributed by atoms with Crippen molar-refractivity contribution < 1.29 is 35.4 Å². The van der Waals surface area contributed by atoms with E-state index in [2.05, 4.69) is 0 Å². The fourth-order valence-electron chi connectivity index (χ4n) is 8.32. The smallest absolute Gasteiger partial charge is 0.159 e. The number of carbonyl (C=O) groups is 1. The van der Waals surface area contributed by atoms with Crippen molar-refractivity contribution in [2.75, 3.05) is 0 Å². The fraction of sp³-hybridized carbons (Fsp3) is 0.889. The molecule has 4 rings (SSSR count). The van der Waals surface area contributed by atoms with Gasteiger partial charge in [-0.2, -0.15) is 0 Å². The Morgan fingerprint density at radius 2 is 1.71 bits per heavy atom. The zero-order valence-electron chi connectivity index (χ0n) is 21.3. The van der Waals surface area contributed by atoms with Gasteiger partial charge in [-0.15, -0.1) is 0 Å². The van der Waals surface area contributed by atoms with Gasteiger partial charge in [0.05, 0.1) is 35.1 Å². The van der Waals surface area contributed by atoms with Crippen molar-refractivity contribution in [2.24, 2.45) is 28.6 Å². The Morgan fingerprint density at radius 3 is 2.32 bits per heavy atom. The summed E-state index contributed by atoms with van der Waals surface area (Å²) in [7, 11) is 0. The van der Waals surface area contributed by atoms with Gasteiger partial charge in [0.15, 0.2) is 5.78 Å².